The molecule has 7 aromatic carbocycles. The second-order valence-electron chi connectivity index (χ2n) is 12.7. The molecule has 1 aromatic heterocycles. The lowest BCUT2D eigenvalue weighted by atomic mass is 9.98. The van der Waals surface area contributed by atoms with Gasteiger partial charge < -0.3 is 9.32 Å². The highest BCUT2D eigenvalue weighted by Crippen LogP contribution is 2.40. The predicted molar refractivity (Wildman–Crippen MR) is 224 cm³/mol. The monoisotopic (exact) mass is 667 g/mol. The van der Waals surface area contributed by atoms with Gasteiger partial charge in [0.05, 0.1) is 5.69 Å². The van der Waals surface area contributed by atoms with Crippen LogP contribution in [0.3, 0.4) is 0 Å². The molecule has 1 heterocycles. The lowest BCUT2D eigenvalue weighted by Crippen LogP contribution is -2.16. The van der Waals surface area contributed by atoms with Crippen LogP contribution in [0.4, 0.5) is 11.4 Å². The first kappa shape index (κ1) is 32.3. The van der Waals surface area contributed by atoms with Gasteiger partial charge >= 0.3 is 0 Å². The zero-order valence-electron chi connectivity index (χ0n) is 28.8. The molecule has 0 unspecified atom stereocenters. The van der Waals surface area contributed by atoms with Gasteiger partial charge in [0.2, 0.25) is 0 Å². The Bertz CT molecular complexity index is 2650. The maximum atomic E-state index is 6.35. The van der Waals surface area contributed by atoms with Crippen molar-refractivity contribution < 1.29 is 4.42 Å². The molecule has 8 rings (SSSR count). The number of fused-ring (bicyclic) bond motifs is 4. The largest absolute Gasteiger partial charge is 0.456 e. The number of allylic oxidation sites excluding steroid dienone is 5. The topological polar surface area (TPSA) is 16.4 Å². The smallest absolute Gasteiger partial charge is 0.136 e. The summed E-state index contributed by atoms with van der Waals surface area (Å²) in [4.78, 5) is 2.33. The van der Waals surface area contributed by atoms with E-state index in [1.807, 2.05) is 18.2 Å². The van der Waals surface area contributed by atoms with Crippen molar-refractivity contribution in [1.82, 2.24) is 0 Å². The van der Waals surface area contributed by atoms with Crippen molar-refractivity contribution in [2.45, 2.75) is 0 Å². The van der Waals surface area contributed by atoms with Crippen LogP contribution in [0.2, 0.25) is 0 Å². The summed E-state index contributed by atoms with van der Waals surface area (Å²) in [7, 11) is 0. The molecule has 0 aliphatic heterocycles. The Morgan fingerprint density at radius 1 is 0.538 bits per heavy atom. The summed E-state index contributed by atoms with van der Waals surface area (Å²) in [6.07, 6.45) is 14.1. The van der Waals surface area contributed by atoms with Crippen molar-refractivity contribution in [3.05, 3.63) is 218 Å². The quantitative estimate of drug-likeness (QED) is 0.135. The minimum atomic E-state index is 0.871. The third-order valence-electron chi connectivity index (χ3n) is 9.38. The summed E-state index contributed by atoms with van der Waals surface area (Å²) >= 11 is 0. The van der Waals surface area contributed by atoms with Gasteiger partial charge in [-0.05, 0) is 93.2 Å². The molecule has 2 nitrogen and oxygen atoms in total. The standard InChI is InChI=1S/C50H37NO/c1-3-5-16-37-19-12-13-23-44(37)39-27-29-42(30-28-39)51(48-25-15-14-24-45(48)38-17-8-7-9-18-38)43(22-6-4-2)32-36-26-31-49-46(33-36)47-34-40-20-10-11-21-41(40)35-50(47)52-49/h3-35H,1-2H2/b16-5-,22-6-,43-32-. The number of benzene rings is 7. The first-order valence-corrected chi connectivity index (χ1v) is 17.5. The van der Waals surface area contributed by atoms with Crippen molar-refractivity contribution in [3.63, 3.8) is 0 Å². The van der Waals surface area contributed by atoms with Crippen molar-refractivity contribution in [2.24, 2.45) is 0 Å². The fourth-order valence-electron chi connectivity index (χ4n) is 6.92. The first-order chi connectivity index (χ1) is 25.7. The molecule has 0 saturated carbocycles. The summed E-state index contributed by atoms with van der Waals surface area (Å²) in [5.74, 6) is 0. The van der Waals surface area contributed by atoms with E-state index in [-0.39, 0.29) is 0 Å². The van der Waals surface area contributed by atoms with Crippen molar-refractivity contribution in [3.8, 4) is 22.3 Å². The number of hydrogen-bond donors (Lipinski definition) is 0. The Kier molecular flexibility index (Phi) is 9.03. The van der Waals surface area contributed by atoms with Crippen LogP contribution in [0.5, 0.6) is 0 Å². The molecule has 0 aliphatic carbocycles. The lowest BCUT2D eigenvalue weighted by molar-refractivity contribution is 0.669. The average molecular weight is 668 g/mol. The van der Waals surface area contributed by atoms with Gasteiger partial charge in [-0.3, -0.25) is 0 Å². The minimum absolute atomic E-state index is 0.871. The molecular formula is C50H37NO. The molecule has 248 valence electrons. The molecule has 0 saturated heterocycles. The van der Waals surface area contributed by atoms with Gasteiger partial charge in [-0.25, -0.2) is 0 Å². The van der Waals surface area contributed by atoms with E-state index in [9.17, 15) is 0 Å². The van der Waals surface area contributed by atoms with Gasteiger partial charge in [-0.2, -0.15) is 0 Å². The number of nitrogens with zero attached hydrogens (tertiary/aromatic N) is 1. The van der Waals surface area contributed by atoms with E-state index < -0.39 is 0 Å². The average Bonchev–Trinajstić information content (AvgIpc) is 3.55. The number of rotatable bonds is 10. The normalized spacial score (nSPS) is 12.0. The van der Waals surface area contributed by atoms with E-state index in [0.717, 1.165) is 66.8 Å². The first-order valence-electron chi connectivity index (χ1n) is 17.5. The summed E-state index contributed by atoms with van der Waals surface area (Å²) in [5.41, 5.74) is 11.6. The summed E-state index contributed by atoms with van der Waals surface area (Å²) < 4.78 is 6.35. The van der Waals surface area contributed by atoms with Gasteiger partial charge in [0.1, 0.15) is 11.2 Å². The van der Waals surface area contributed by atoms with Crippen LogP contribution < -0.4 is 4.90 Å². The third-order valence-corrected chi connectivity index (χ3v) is 9.38. The zero-order chi connectivity index (χ0) is 35.3. The maximum Gasteiger partial charge on any atom is 0.136 e. The second kappa shape index (κ2) is 14.5. The van der Waals surface area contributed by atoms with Gasteiger partial charge in [-0.15, -0.1) is 0 Å². The van der Waals surface area contributed by atoms with Crippen LogP contribution in [0.15, 0.2) is 211 Å². The maximum absolute atomic E-state index is 6.35. The molecule has 0 radical (unpaired) electrons. The van der Waals surface area contributed by atoms with Crippen molar-refractivity contribution in [2.75, 3.05) is 4.90 Å². The van der Waals surface area contributed by atoms with E-state index in [0.29, 0.717) is 0 Å². The van der Waals surface area contributed by atoms with Crippen LogP contribution >= 0.6 is 0 Å². The van der Waals surface area contributed by atoms with Gasteiger partial charge in [0.15, 0.2) is 0 Å². The van der Waals surface area contributed by atoms with Crippen molar-refractivity contribution in [1.29, 1.82) is 0 Å². The molecule has 0 bridgehead atoms. The highest BCUT2D eigenvalue weighted by atomic mass is 16.3. The zero-order valence-corrected chi connectivity index (χ0v) is 28.8. The minimum Gasteiger partial charge on any atom is -0.456 e. The van der Waals surface area contributed by atoms with Gasteiger partial charge in [0.25, 0.3) is 0 Å². The molecule has 0 aliphatic rings. The van der Waals surface area contributed by atoms with E-state index in [4.69, 9.17) is 4.42 Å². The molecule has 0 N–H and O–H groups in total. The van der Waals surface area contributed by atoms with Crippen LogP contribution in [0, 0.1) is 0 Å². The number of para-hydroxylation sites is 1. The molecule has 0 spiro atoms. The Hall–Kier alpha value is -6.90. The van der Waals surface area contributed by atoms with Gasteiger partial charge in [0, 0.05) is 27.7 Å². The van der Waals surface area contributed by atoms with Crippen LogP contribution in [0.25, 0.3) is 67.1 Å². The summed E-state index contributed by atoms with van der Waals surface area (Å²) in [6.45, 7) is 7.88. The van der Waals surface area contributed by atoms with Crippen LogP contribution in [-0.2, 0) is 0 Å². The summed E-state index contributed by atoms with van der Waals surface area (Å²) in [5, 5.41) is 4.56. The number of hydrogen-bond acceptors (Lipinski definition) is 2. The number of furan rings is 1. The van der Waals surface area contributed by atoms with Crippen LogP contribution in [-0.4, -0.2) is 0 Å². The van der Waals surface area contributed by atoms with Gasteiger partial charge in [-0.1, -0.05) is 159 Å². The molecular weight excluding hydrogens is 631 g/mol. The fraction of sp³-hybridized carbons (Fsp3) is 0. The Morgan fingerprint density at radius 2 is 1.19 bits per heavy atom. The van der Waals surface area contributed by atoms with E-state index in [2.05, 4.69) is 194 Å². The molecule has 0 fully saturated rings. The predicted octanol–water partition coefficient (Wildman–Crippen LogP) is 14.2. The highest BCUT2D eigenvalue weighted by molar-refractivity contribution is 6.10. The molecule has 52 heavy (non-hydrogen) atoms. The SMILES string of the molecule is C=C/C=C\C(=C\c1ccc2oc3cc4ccccc4cc3c2c1)N(c1ccc(-c2ccccc2/C=C\C=C)cc1)c1ccccc1-c1ccccc1. The van der Waals surface area contributed by atoms with E-state index in [1.54, 1.807) is 6.08 Å². The van der Waals surface area contributed by atoms with E-state index >= 15 is 0 Å². The third kappa shape index (κ3) is 6.42. The van der Waals surface area contributed by atoms with Crippen molar-refractivity contribution >= 4 is 56.2 Å². The highest BCUT2D eigenvalue weighted by Gasteiger charge is 2.19. The Morgan fingerprint density at radius 3 is 1.98 bits per heavy atom. The summed E-state index contributed by atoms with van der Waals surface area (Å²) in [6, 6.07) is 55.7. The molecule has 0 amide bonds. The number of anilines is 2. The molecule has 0 atom stereocenters. The van der Waals surface area contributed by atoms with E-state index in [1.165, 1.54) is 16.3 Å². The Balaban J connectivity index is 1.31. The lowest BCUT2D eigenvalue weighted by Gasteiger charge is -2.29. The second-order valence-corrected chi connectivity index (χ2v) is 12.7. The molecule has 8 aromatic rings. The molecule has 2 heteroatoms. The van der Waals surface area contributed by atoms with Crippen LogP contribution in [0.1, 0.15) is 11.1 Å². The Labute approximate surface area is 304 Å². The fourth-order valence-corrected chi connectivity index (χ4v) is 6.92.